The number of halogens is 1. The molecular formula is C23H20FN7O. The molecule has 2 heterocycles. The number of imidazole rings is 1. The Bertz CT molecular complexity index is 1220. The minimum atomic E-state index is -0.605. The smallest absolute Gasteiger partial charge is 0.247 e. The zero-order valence-electron chi connectivity index (χ0n) is 17.0. The highest BCUT2D eigenvalue weighted by Gasteiger charge is 2.09. The van der Waals surface area contributed by atoms with Gasteiger partial charge in [-0.05, 0) is 42.0 Å². The van der Waals surface area contributed by atoms with Gasteiger partial charge in [-0.2, -0.15) is 4.98 Å². The molecule has 4 aromatic rings. The van der Waals surface area contributed by atoms with E-state index in [1.165, 1.54) is 6.08 Å². The largest absolute Gasteiger partial charge is 0.338 e. The number of rotatable bonds is 8. The Labute approximate surface area is 183 Å². The number of aromatic nitrogens is 4. The number of carbonyl (C=O) groups is 1. The van der Waals surface area contributed by atoms with Crippen LogP contribution in [-0.4, -0.2) is 25.4 Å². The molecule has 9 heteroatoms. The number of hydrogen-bond acceptors (Lipinski definition) is 6. The monoisotopic (exact) mass is 429 g/mol. The molecule has 0 aliphatic heterocycles. The number of nitrogens with one attached hydrogen (secondary N) is 3. The first-order valence-corrected chi connectivity index (χ1v) is 9.74. The highest BCUT2D eigenvalue weighted by atomic mass is 19.1. The summed E-state index contributed by atoms with van der Waals surface area (Å²) in [5.74, 6) is -0.691. The molecule has 32 heavy (non-hydrogen) atoms. The molecule has 0 spiro atoms. The molecular weight excluding hydrogens is 409 g/mol. The van der Waals surface area contributed by atoms with Crippen molar-refractivity contribution in [2.75, 3.05) is 16.0 Å². The number of hydrogen-bond donors (Lipinski definition) is 3. The first kappa shape index (κ1) is 20.7. The van der Waals surface area contributed by atoms with Crippen LogP contribution in [0.3, 0.4) is 0 Å². The van der Waals surface area contributed by atoms with Crippen LogP contribution in [0.2, 0.25) is 0 Å². The fourth-order valence-electron chi connectivity index (χ4n) is 2.93. The average molecular weight is 429 g/mol. The van der Waals surface area contributed by atoms with E-state index in [0.717, 1.165) is 17.4 Å². The second-order valence-corrected chi connectivity index (χ2v) is 6.85. The normalized spacial score (nSPS) is 10.4. The van der Waals surface area contributed by atoms with Gasteiger partial charge in [-0.15, -0.1) is 0 Å². The van der Waals surface area contributed by atoms with Crippen molar-refractivity contribution in [1.82, 2.24) is 19.5 Å². The molecule has 0 fully saturated rings. The van der Waals surface area contributed by atoms with Crippen LogP contribution in [0.4, 0.5) is 33.2 Å². The summed E-state index contributed by atoms with van der Waals surface area (Å²) in [5.41, 5.74) is 2.98. The molecule has 3 N–H and O–H groups in total. The molecule has 0 saturated heterocycles. The lowest BCUT2D eigenvalue weighted by molar-refractivity contribution is -0.111. The van der Waals surface area contributed by atoms with Gasteiger partial charge in [0, 0.05) is 36.0 Å². The van der Waals surface area contributed by atoms with Gasteiger partial charge in [0.05, 0.1) is 12.5 Å². The Kier molecular flexibility index (Phi) is 6.17. The van der Waals surface area contributed by atoms with Gasteiger partial charge in [0.25, 0.3) is 0 Å². The number of benzene rings is 2. The second-order valence-electron chi connectivity index (χ2n) is 6.85. The Hall–Kier alpha value is -4.53. The molecule has 160 valence electrons. The van der Waals surface area contributed by atoms with Gasteiger partial charge in [-0.25, -0.2) is 14.4 Å². The maximum atomic E-state index is 14.3. The third-order valence-corrected chi connectivity index (χ3v) is 4.46. The van der Waals surface area contributed by atoms with Crippen molar-refractivity contribution < 1.29 is 9.18 Å². The van der Waals surface area contributed by atoms with Gasteiger partial charge in [0.2, 0.25) is 11.9 Å². The standard InChI is InChI=1S/C23H20FN7O/c1-2-21(32)27-18-4-3-5-19(12-18)28-22-20(24)13-26-23(30-22)29-17-8-6-16(7-9-17)14-31-11-10-25-15-31/h2-13,15H,1,14H2,(H,27,32)(H2,26,28,29,30). The van der Waals surface area contributed by atoms with E-state index >= 15 is 0 Å². The summed E-state index contributed by atoms with van der Waals surface area (Å²) in [6.45, 7) is 4.14. The molecule has 0 aliphatic carbocycles. The predicted octanol–water partition coefficient (Wildman–Crippen LogP) is 4.47. The molecule has 0 unspecified atom stereocenters. The molecule has 8 nitrogen and oxygen atoms in total. The molecule has 2 aromatic carbocycles. The van der Waals surface area contributed by atoms with Crippen molar-refractivity contribution in [3.8, 4) is 0 Å². The van der Waals surface area contributed by atoms with Gasteiger partial charge in [0.1, 0.15) is 0 Å². The first-order valence-electron chi connectivity index (χ1n) is 9.74. The van der Waals surface area contributed by atoms with Crippen molar-refractivity contribution in [2.24, 2.45) is 0 Å². The Morgan fingerprint density at radius 1 is 1.09 bits per heavy atom. The predicted molar refractivity (Wildman–Crippen MR) is 122 cm³/mol. The lowest BCUT2D eigenvalue weighted by Crippen LogP contribution is -2.07. The van der Waals surface area contributed by atoms with E-state index in [1.807, 2.05) is 35.0 Å². The summed E-state index contributed by atoms with van der Waals surface area (Å²) < 4.78 is 16.3. The number of carbonyl (C=O) groups excluding carboxylic acids is 1. The second kappa shape index (κ2) is 9.52. The van der Waals surface area contributed by atoms with E-state index < -0.39 is 5.82 Å². The van der Waals surface area contributed by atoms with Gasteiger partial charge in [-0.1, -0.05) is 24.8 Å². The van der Waals surface area contributed by atoms with Crippen molar-refractivity contribution >= 4 is 34.7 Å². The number of nitrogens with zero attached hydrogens (tertiary/aromatic N) is 4. The molecule has 0 atom stereocenters. The quantitative estimate of drug-likeness (QED) is 0.358. The summed E-state index contributed by atoms with van der Waals surface area (Å²) >= 11 is 0. The summed E-state index contributed by atoms with van der Waals surface area (Å²) in [7, 11) is 0. The van der Waals surface area contributed by atoms with Crippen LogP contribution in [0, 0.1) is 5.82 Å². The number of anilines is 5. The van der Waals surface area contributed by atoms with Crippen LogP contribution < -0.4 is 16.0 Å². The lowest BCUT2D eigenvalue weighted by atomic mass is 10.2. The third-order valence-electron chi connectivity index (χ3n) is 4.46. The molecule has 0 saturated carbocycles. The molecule has 1 amide bonds. The van der Waals surface area contributed by atoms with Gasteiger partial charge in [0.15, 0.2) is 11.6 Å². The van der Waals surface area contributed by atoms with Crippen LogP contribution in [0.15, 0.2) is 86.1 Å². The van der Waals surface area contributed by atoms with Crippen LogP contribution >= 0.6 is 0 Å². The maximum absolute atomic E-state index is 14.3. The van der Waals surface area contributed by atoms with Gasteiger partial charge >= 0.3 is 0 Å². The Balaban J connectivity index is 1.45. The third kappa shape index (κ3) is 5.33. The minimum Gasteiger partial charge on any atom is -0.338 e. The highest BCUT2D eigenvalue weighted by Crippen LogP contribution is 2.23. The molecule has 0 bridgehead atoms. The fraction of sp³-hybridized carbons (Fsp3) is 0.0435. The summed E-state index contributed by atoms with van der Waals surface area (Å²) in [6, 6.07) is 14.6. The van der Waals surface area contributed by atoms with Crippen molar-refractivity contribution in [3.05, 3.63) is 97.5 Å². The minimum absolute atomic E-state index is 0.00595. The lowest BCUT2D eigenvalue weighted by Gasteiger charge is -2.11. The van der Waals surface area contributed by atoms with Crippen molar-refractivity contribution in [3.63, 3.8) is 0 Å². The summed E-state index contributed by atoms with van der Waals surface area (Å²) in [5, 5.41) is 8.64. The Morgan fingerprint density at radius 2 is 1.91 bits per heavy atom. The SMILES string of the molecule is C=CC(=O)Nc1cccc(Nc2nc(Nc3ccc(Cn4ccnc4)cc3)ncc2F)c1. The van der Waals surface area contributed by atoms with Crippen molar-refractivity contribution in [2.45, 2.75) is 6.54 Å². The highest BCUT2D eigenvalue weighted by molar-refractivity contribution is 5.99. The van der Waals surface area contributed by atoms with E-state index in [9.17, 15) is 9.18 Å². The Morgan fingerprint density at radius 3 is 2.66 bits per heavy atom. The van der Waals surface area contributed by atoms with Crippen LogP contribution in [0.1, 0.15) is 5.56 Å². The van der Waals surface area contributed by atoms with E-state index in [2.05, 4.69) is 37.5 Å². The molecule has 2 aromatic heterocycles. The van der Waals surface area contributed by atoms with E-state index in [0.29, 0.717) is 17.9 Å². The summed E-state index contributed by atoms with van der Waals surface area (Å²) in [6.07, 6.45) is 7.66. The van der Waals surface area contributed by atoms with E-state index in [-0.39, 0.29) is 17.7 Å². The molecule has 0 radical (unpaired) electrons. The van der Waals surface area contributed by atoms with Gasteiger partial charge < -0.3 is 20.5 Å². The fourth-order valence-corrected chi connectivity index (χ4v) is 2.93. The van der Waals surface area contributed by atoms with Crippen LogP contribution in [0.25, 0.3) is 0 Å². The first-order chi connectivity index (χ1) is 15.6. The van der Waals surface area contributed by atoms with Crippen LogP contribution in [-0.2, 0) is 11.3 Å². The zero-order chi connectivity index (χ0) is 22.3. The van der Waals surface area contributed by atoms with Gasteiger partial charge in [-0.3, -0.25) is 4.79 Å². The van der Waals surface area contributed by atoms with Crippen molar-refractivity contribution in [1.29, 1.82) is 0 Å². The summed E-state index contributed by atoms with van der Waals surface area (Å²) in [4.78, 5) is 23.8. The van der Waals surface area contributed by atoms with E-state index in [4.69, 9.17) is 0 Å². The average Bonchev–Trinajstić information content (AvgIpc) is 3.31. The topological polar surface area (TPSA) is 96.8 Å². The molecule has 4 rings (SSSR count). The number of amides is 1. The zero-order valence-corrected chi connectivity index (χ0v) is 17.0. The maximum Gasteiger partial charge on any atom is 0.247 e. The molecule has 0 aliphatic rings. The van der Waals surface area contributed by atoms with E-state index in [1.54, 1.807) is 36.8 Å². The van der Waals surface area contributed by atoms with Crippen LogP contribution in [0.5, 0.6) is 0 Å².